The van der Waals surface area contributed by atoms with E-state index in [2.05, 4.69) is 4.98 Å². The molecule has 36 heavy (non-hydrogen) atoms. The highest BCUT2D eigenvalue weighted by molar-refractivity contribution is 7.89. The van der Waals surface area contributed by atoms with Gasteiger partial charge in [-0.05, 0) is 25.1 Å². The molecule has 11 nitrogen and oxygen atoms in total. The van der Waals surface area contributed by atoms with Gasteiger partial charge in [0, 0.05) is 43.3 Å². The molecule has 0 saturated carbocycles. The molecular formula is C23H26N4O7S2. The third-order valence-corrected chi connectivity index (χ3v) is 8.83. The Bertz CT molecular complexity index is 1440. The van der Waals surface area contributed by atoms with E-state index in [4.69, 9.17) is 14.2 Å². The maximum atomic E-state index is 13.3. The number of aryl methyl sites for hydroxylation is 1. The van der Waals surface area contributed by atoms with Gasteiger partial charge >= 0.3 is 5.97 Å². The first-order valence-corrected chi connectivity index (χ1v) is 13.8. The molecule has 0 bridgehead atoms. The molecule has 0 spiro atoms. The molecule has 2 fully saturated rings. The molecule has 13 heteroatoms. The first-order chi connectivity index (χ1) is 17.3. The van der Waals surface area contributed by atoms with Gasteiger partial charge in [-0.2, -0.15) is 4.31 Å². The Hall–Kier alpha value is -2.84. The number of rotatable bonds is 6. The van der Waals surface area contributed by atoms with E-state index < -0.39 is 16.0 Å². The normalized spacial score (nSPS) is 17.4. The maximum Gasteiger partial charge on any atom is 0.340 e. The van der Waals surface area contributed by atoms with Gasteiger partial charge in [0.15, 0.2) is 4.96 Å². The number of ether oxygens (including phenoxy) is 3. The number of sulfonamides is 1. The number of thiazole rings is 1. The van der Waals surface area contributed by atoms with Gasteiger partial charge in [0.25, 0.3) is 5.56 Å². The number of carbonyl (C=O) groups excluding carboxylic acids is 1. The zero-order valence-corrected chi connectivity index (χ0v) is 21.3. The predicted octanol–water partition coefficient (Wildman–Crippen LogP) is 1.28. The van der Waals surface area contributed by atoms with Gasteiger partial charge in [-0.1, -0.05) is 0 Å². The summed E-state index contributed by atoms with van der Waals surface area (Å²) in [6, 6.07) is 5.85. The van der Waals surface area contributed by atoms with Crippen molar-refractivity contribution in [3.05, 3.63) is 57.0 Å². The van der Waals surface area contributed by atoms with Gasteiger partial charge in [-0.15, -0.1) is 11.3 Å². The molecule has 2 aliphatic rings. The number of anilines is 1. The predicted molar refractivity (Wildman–Crippen MR) is 132 cm³/mol. The van der Waals surface area contributed by atoms with E-state index in [1.165, 1.54) is 38.2 Å². The second kappa shape index (κ2) is 10.3. The van der Waals surface area contributed by atoms with Gasteiger partial charge in [-0.3, -0.25) is 9.20 Å². The Kier molecular flexibility index (Phi) is 7.08. The molecule has 0 atom stereocenters. The van der Waals surface area contributed by atoms with Crippen LogP contribution in [-0.4, -0.2) is 80.7 Å². The van der Waals surface area contributed by atoms with E-state index in [-0.39, 0.29) is 35.7 Å². The summed E-state index contributed by atoms with van der Waals surface area (Å²) in [6.07, 6.45) is 1.71. The van der Waals surface area contributed by atoms with Crippen molar-refractivity contribution >= 4 is 38.0 Å². The molecule has 0 N–H and O–H groups in total. The van der Waals surface area contributed by atoms with Crippen LogP contribution >= 0.6 is 11.3 Å². The fraction of sp³-hybridized carbons (Fsp3) is 0.435. The maximum absolute atomic E-state index is 13.3. The van der Waals surface area contributed by atoms with Gasteiger partial charge in [0.1, 0.15) is 6.61 Å². The lowest BCUT2D eigenvalue weighted by Crippen LogP contribution is -2.41. The van der Waals surface area contributed by atoms with Crippen LogP contribution in [0.4, 0.5) is 5.69 Å². The minimum atomic E-state index is -3.81. The molecule has 192 valence electrons. The van der Waals surface area contributed by atoms with Crippen LogP contribution < -0.4 is 10.5 Å². The average Bonchev–Trinajstić information content (AvgIpc) is 3.28. The lowest BCUT2D eigenvalue weighted by Gasteiger charge is -2.31. The molecule has 2 aromatic heterocycles. The minimum Gasteiger partial charge on any atom is -0.456 e. The number of aromatic nitrogens is 2. The molecule has 0 aliphatic carbocycles. The number of morpholine rings is 2. The van der Waals surface area contributed by atoms with Crippen molar-refractivity contribution < 1.29 is 27.4 Å². The minimum absolute atomic E-state index is 0.0141. The third kappa shape index (κ3) is 5.02. The zero-order valence-electron chi connectivity index (χ0n) is 19.7. The van der Waals surface area contributed by atoms with Crippen LogP contribution in [0, 0.1) is 6.92 Å². The standard InChI is InChI=1S/C23H26N4O7S2/c1-16-14-27-21(28)12-17(24-23(27)35-16)15-34-22(29)19-13-18(36(30,31)26-6-10-33-11-7-26)2-3-20(19)25-4-8-32-9-5-25/h2-3,12-14H,4-11,15H2,1H3. The number of nitrogens with zero attached hydrogens (tertiary/aromatic N) is 4. The van der Waals surface area contributed by atoms with Crippen molar-refractivity contribution in [2.75, 3.05) is 57.5 Å². The van der Waals surface area contributed by atoms with Crippen molar-refractivity contribution in [3.8, 4) is 0 Å². The highest BCUT2D eigenvalue weighted by atomic mass is 32.2. The molecule has 0 radical (unpaired) electrons. The summed E-state index contributed by atoms with van der Waals surface area (Å²) in [4.78, 5) is 33.5. The molecule has 2 saturated heterocycles. The van der Waals surface area contributed by atoms with Crippen LogP contribution in [-0.2, 0) is 30.8 Å². The van der Waals surface area contributed by atoms with E-state index >= 15 is 0 Å². The highest BCUT2D eigenvalue weighted by Crippen LogP contribution is 2.28. The van der Waals surface area contributed by atoms with Crippen LogP contribution in [0.5, 0.6) is 0 Å². The second-order valence-corrected chi connectivity index (χ2v) is 11.6. The Balaban J connectivity index is 1.44. The van der Waals surface area contributed by atoms with Crippen molar-refractivity contribution in [2.45, 2.75) is 18.4 Å². The summed E-state index contributed by atoms with van der Waals surface area (Å²) in [5, 5.41) is 0. The largest absolute Gasteiger partial charge is 0.456 e. The quantitative estimate of drug-likeness (QED) is 0.431. The van der Waals surface area contributed by atoms with Gasteiger partial charge < -0.3 is 19.1 Å². The fourth-order valence-electron chi connectivity index (χ4n) is 4.20. The first-order valence-electron chi connectivity index (χ1n) is 11.5. The monoisotopic (exact) mass is 534 g/mol. The molecule has 4 heterocycles. The zero-order chi connectivity index (χ0) is 25.3. The second-order valence-electron chi connectivity index (χ2n) is 8.45. The van der Waals surface area contributed by atoms with Crippen molar-refractivity contribution in [1.82, 2.24) is 13.7 Å². The van der Waals surface area contributed by atoms with Crippen molar-refractivity contribution in [3.63, 3.8) is 0 Å². The average molecular weight is 535 g/mol. The SMILES string of the molecule is Cc1cn2c(=O)cc(COC(=O)c3cc(S(=O)(=O)N4CCOCC4)ccc3N3CCOCC3)nc2s1. The summed E-state index contributed by atoms with van der Waals surface area (Å²) in [7, 11) is -3.81. The van der Waals surface area contributed by atoms with Crippen LogP contribution in [0.1, 0.15) is 20.9 Å². The van der Waals surface area contributed by atoms with Gasteiger partial charge in [-0.25, -0.2) is 18.2 Å². The Morgan fingerprint density at radius 1 is 1.08 bits per heavy atom. The number of hydrogen-bond acceptors (Lipinski definition) is 10. The summed E-state index contributed by atoms with van der Waals surface area (Å²) in [5.41, 5.74) is 0.765. The van der Waals surface area contributed by atoms with E-state index in [9.17, 15) is 18.0 Å². The Labute approximate surface area is 211 Å². The number of benzene rings is 1. The van der Waals surface area contributed by atoms with E-state index in [1.54, 1.807) is 12.3 Å². The lowest BCUT2D eigenvalue weighted by molar-refractivity contribution is 0.0467. The fourth-order valence-corrected chi connectivity index (χ4v) is 6.49. The molecular weight excluding hydrogens is 508 g/mol. The molecule has 3 aromatic rings. The van der Waals surface area contributed by atoms with Crippen molar-refractivity contribution in [2.24, 2.45) is 0 Å². The number of hydrogen-bond donors (Lipinski definition) is 0. The van der Waals surface area contributed by atoms with Gasteiger partial charge in [0.2, 0.25) is 10.0 Å². The van der Waals surface area contributed by atoms with Crippen LogP contribution in [0.25, 0.3) is 4.96 Å². The topological polar surface area (TPSA) is 120 Å². The van der Waals surface area contributed by atoms with Crippen LogP contribution in [0.15, 0.2) is 40.2 Å². The lowest BCUT2D eigenvalue weighted by atomic mass is 10.1. The highest BCUT2D eigenvalue weighted by Gasteiger charge is 2.29. The Morgan fingerprint density at radius 3 is 2.50 bits per heavy atom. The molecule has 1 aromatic carbocycles. The number of esters is 1. The smallest absolute Gasteiger partial charge is 0.340 e. The molecule has 2 aliphatic heterocycles. The van der Waals surface area contributed by atoms with Crippen LogP contribution in [0.2, 0.25) is 0 Å². The Morgan fingerprint density at radius 2 is 1.78 bits per heavy atom. The van der Waals surface area contributed by atoms with E-state index in [0.717, 1.165) is 4.88 Å². The molecule has 5 rings (SSSR count). The van der Waals surface area contributed by atoms with Crippen molar-refractivity contribution in [1.29, 1.82) is 0 Å². The molecule has 0 unspecified atom stereocenters. The van der Waals surface area contributed by atoms with Gasteiger partial charge in [0.05, 0.1) is 48.3 Å². The van der Waals surface area contributed by atoms with E-state index in [1.807, 2.05) is 11.8 Å². The number of carbonyl (C=O) groups is 1. The van der Waals surface area contributed by atoms with Crippen LogP contribution in [0.3, 0.4) is 0 Å². The molecule has 0 amide bonds. The van der Waals surface area contributed by atoms with E-state index in [0.29, 0.717) is 55.9 Å². The number of fused-ring (bicyclic) bond motifs is 1. The summed E-state index contributed by atoms with van der Waals surface area (Å²) >= 11 is 1.36. The first kappa shape index (κ1) is 24.8. The third-order valence-electron chi connectivity index (χ3n) is 6.03. The summed E-state index contributed by atoms with van der Waals surface area (Å²) in [6.45, 7) is 4.91. The summed E-state index contributed by atoms with van der Waals surface area (Å²) < 4.78 is 45.5. The summed E-state index contributed by atoms with van der Waals surface area (Å²) in [5.74, 6) is -0.695.